The molecule has 350 valence electrons. The number of rotatable bonds is 48. The van der Waals surface area contributed by atoms with Gasteiger partial charge in [0.05, 0.1) is 45.0 Å². The molecule has 0 saturated heterocycles. The maximum Gasteiger partial charge on any atom is 0.0784 e. The first kappa shape index (κ1) is 58.1. The van der Waals surface area contributed by atoms with Gasteiger partial charge in [0.25, 0.3) is 0 Å². The molecular weight excluding hydrogens is 723 g/mol. The first-order valence-electron chi connectivity index (χ1n) is 26.7. The van der Waals surface area contributed by atoms with Crippen LogP contribution in [0, 0.1) is 0 Å². The van der Waals surface area contributed by atoms with Gasteiger partial charge in [-0.3, -0.25) is 0 Å². The van der Waals surface area contributed by atoms with E-state index in [0.29, 0.717) is 0 Å². The van der Waals surface area contributed by atoms with Gasteiger partial charge in [-0.05, 0) is 116 Å². The van der Waals surface area contributed by atoms with Crippen LogP contribution in [0.5, 0.6) is 0 Å². The second kappa shape index (κ2) is 46.6. The lowest BCUT2D eigenvalue weighted by atomic mass is 10.0. The van der Waals surface area contributed by atoms with Gasteiger partial charge in [0.2, 0.25) is 0 Å². The van der Waals surface area contributed by atoms with Gasteiger partial charge in [0.1, 0.15) is 0 Å². The summed E-state index contributed by atoms with van der Waals surface area (Å²) in [5.41, 5.74) is 0. The minimum absolute atomic E-state index is 0.147. The summed E-state index contributed by atoms with van der Waals surface area (Å²) >= 11 is 0. The number of unbranched alkanes of at least 4 members (excludes halogenated alkanes) is 27. The smallest absolute Gasteiger partial charge is 0.0784 e. The van der Waals surface area contributed by atoms with Gasteiger partial charge < -0.3 is 19.8 Å². The van der Waals surface area contributed by atoms with E-state index in [2.05, 4.69) is 64.3 Å². The third-order valence-corrected chi connectivity index (χ3v) is 12.9. The molecule has 0 aromatic carbocycles. The van der Waals surface area contributed by atoms with Crippen molar-refractivity contribution < 1.29 is 19.8 Å². The largest absolute Gasteiger partial charge is 0.393 e. The zero-order chi connectivity index (χ0) is 43.2. The fraction of sp³-hybridized carbons (Fsp3) is 0.891. The van der Waals surface area contributed by atoms with Crippen LogP contribution < -0.4 is 0 Å². The second-order valence-corrected chi connectivity index (χ2v) is 19.2. The van der Waals surface area contributed by atoms with Gasteiger partial charge >= 0.3 is 0 Å². The molecular formula is C55H108NO3+. The third kappa shape index (κ3) is 44.9. The van der Waals surface area contributed by atoms with Crippen molar-refractivity contribution in [1.82, 2.24) is 0 Å². The fourth-order valence-electron chi connectivity index (χ4n) is 8.61. The van der Waals surface area contributed by atoms with Gasteiger partial charge in [-0.15, -0.1) is 0 Å². The van der Waals surface area contributed by atoms with Crippen LogP contribution in [0.1, 0.15) is 271 Å². The summed E-state index contributed by atoms with van der Waals surface area (Å²) < 4.78 is 1.28. The van der Waals surface area contributed by atoms with Crippen LogP contribution >= 0.6 is 0 Å². The third-order valence-electron chi connectivity index (χ3n) is 12.9. The zero-order valence-corrected chi connectivity index (χ0v) is 40.7. The number of hydrogen-bond acceptors (Lipinski definition) is 3. The molecule has 0 saturated carbocycles. The molecule has 0 fully saturated rings. The standard InChI is InChI=1S/C55H108NO3/c1-5-8-11-35-44-53(57)47-38-29-23-17-14-20-26-32-41-50-56(4,51-42-33-27-21-15-18-24-30-39-48-54(58)45-36-12-9-6-2)52-43-34-28-22-16-19-25-31-40-49-55(59)46-37-13-10-7-3/h29-31,38-40,53-55,57-59H,5-28,32-37,41-52H2,1-4H3/q+1/b38-29-,39-30-,40-31-/t53-,54-,55-/m1/s1. The molecule has 0 rings (SSSR count). The summed E-state index contributed by atoms with van der Waals surface area (Å²) in [4.78, 5) is 0. The molecule has 0 aliphatic heterocycles. The molecule has 4 nitrogen and oxygen atoms in total. The number of allylic oxidation sites excluding steroid dienone is 3. The lowest BCUT2D eigenvalue weighted by Gasteiger charge is -2.35. The normalized spacial score (nSPS) is 14.1. The van der Waals surface area contributed by atoms with E-state index in [1.807, 2.05) is 0 Å². The quantitative estimate of drug-likeness (QED) is 0.0325. The Morgan fingerprint density at radius 2 is 0.542 bits per heavy atom. The van der Waals surface area contributed by atoms with Crippen molar-refractivity contribution in [1.29, 1.82) is 0 Å². The average Bonchev–Trinajstić information content (AvgIpc) is 3.23. The van der Waals surface area contributed by atoms with Crippen molar-refractivity contribution in [2.75, 3.05) is 26.7 Å². The summed E-state index contributed by atoms with van der Waals surface area (Å²) in [5.74, 6) is 0. The van der Waals surface area contributed by atoms with E-state index in [-0.39, 0.29) is 18.3 Å². The minimum Gasteiger partial charge on any atom is -0.393 e. The van der Waals surface area contributed by atoms with E-state index in [1.165, 1.54) is 236 Å². The number of hydrogen-bond donors (Lipinski definition) is 3. The first-order chi connectivity index (χ1) is 28.9. The van der Waals surface area contributed by atoms with E-state index in [9.17, 15) is 15.3 Å². The molecule has 0 heterocycles. The van der Waals surface area contributed by atoms with Crippen molar-refractivity contribution in [2.24, 2.45) is 0 Å². The molecule has 0 radical (unpaired) electrons. The maximum atomic E-state index is 10.2. The van der Waals surface area contributed by atoms with Crippen LogP contribution in [-0.2, 0) is 0 Å². The van der Waals surface area contributed by atoms with E-state index in [1.54, 1.807) is 0 Å². The molecule has 0 aliphatic rings. The minimum atomic E-state index is -0.147. The van der Waals surface area contributed by atoms with Crippen molar-refractivity contribution in [3.63, 3.8) is 0 Å². The van der Waals surface area contributed by atoms with Crippen LogP contribution in [-0.4, -0.2) is 64.8 Å². The van der Waals surface area contributed by atoms with Gasteiger partial charge in [0, 0.05) is 0 Å². The predicted octanol–water partition coefficient (Wildman–Crippen LogP) is 16.5. The first-order valence-corrected chi connectivity index (χ1v) is 26.7. The highest BCUT2D eigenvalue weighted by molar-refractivity contribution is 4.85. The Morgan fingerprint density at radius 3 is 0.814 bits per heavy atom. The summed E-state index contributed by atoms with van der Waals surface area (Å²) in [6, 6.07) is 0. The Kier molecular flexibility index (Phi) is 45.8. The fourth-order valence-corrected chi connectivity index (χ4v) is 8.61. The molecule has 3 N–H and O–H groups in total. The SMILES string of the molecule is CCCCCC[C@@H](O)C/C=C\CCCCCCCC[N+](C)(CCCCCCCC/C=C\C[C@H](O)CCCCCC)CCCCCCCC/C=C\C[C@H](O)CCCCCC. The van der Waals surface area contributed by atoms with Crippen molar-refractivity contribution in [3.05, 3.63) is 36.5 Å². The van der Waals surface area contributed by atoms with Crippen LogP contribution in [0.4, 0.5) is 0 Å². The molecule has 3 atom stereocenters. The zero-order valence-electron chi connectivity index (χ0n) is 40.7. The highest BCUT2D eigenvalue weighted by Gasteiger charge is 2.20. The van der Waals surface area contributed by atoms with E-state index < -0.39 is 0 Å². The van der Waals surface area contributed by atoms with Crippen LogP contribution in [0.2, 0.25) is 0 Å². The average molecular weight is 831 g/mol. The topological polar surface area (TPSA) is 60.7 Å². The maximum absolute atomic E-state index is 10.2. The summed E-state index contributed by atoms with van der Waals surface area (Å²) in [6.45, 7) is 10.8. The molecule has 0 aromatic rings. The molecule has 0 unspecified atom stereocenters. The van der Waals surface area contributed by atoms with Crippen LogP contribution in [0.3, 0.4) is 0 Å². The van der Waals surface area contributed by atoms with Gasteiger partial charge in [-0.2, -0.15) is 0 Å². The van der Waals surface area contributed by atoms with Gasteiger partial charge in [-0.1, -0.05) is 192 Å². The van der Waals surface area contributed by atoms with Crippen LogP contribution in [0.15, 0.2) is 36.5 Å². The number of aliphatic hydroxyl groups is 3. The van der Waals surface area contributed by atoms with E-state index in [0.717, 1.165) is 38.5 Å². The Bertz CT molecular complexity index is 787. The Hall–Kier alpha value is -0.940. The number of quaternary nitrogens is 1. The molecule has 4 heteroatoms. The molecule has 0 aliphatic carbocycles. The summed E-state index contributed by atoms with van der Waals surface area (Å²) in [6.07, 6.45) is 61.3. The molecule has 0 amide bonds. The molecule has 59 heavy (non-hydrogen) atoms. The van der Waals surface area contributed by atoms with Crippen molar-refractivity contribution in [3.8, 4) is 0 Å². The number of nitrogens with zero attached hydrogens (tertiary/aromatic N) is 1. The summed E-state index contributed by atoms with van der Waals surface area (Å²) in [5, 5.41) is 30.5. The second-order valence-electron chi connectivity index (χ2n) is 19.2. The van der Waals surface area contributed by atoms with E-state index >= 15 is 0 Å². The lowest BCUT2D eigenvalue weighted by Crippen LogP contribution is -2.46. The van der Waals surface area contributed by atoms with Crippen LogP contribution in [0.25, 0.3) is 0 Å². The lowest BCUT2D eigenvalue weighted by molar-refractivity contribution is -0.910. The molecule has 0 spiro atoms. The highest BCUT2D eigenvalue weighted by Crippen LogP contribution is 2.18. The van der Waals surface area contributed by atoms with Crippen molar-refractivity contribution >= 4 is 0 Å². The highest BCUT2D eigenvalue weighted by atomic mass is 16.3. The molecule has 0 aromatic heterocycles. The van der Waals surface area contributed by atoms with Gasteiger partial charge in [0.15, 0.2) is 0 Å². The Labute approximate surface area is 371 Å². The molecule has 0 bridgehead atoms. The number of aliphatic hydroxyl groups excluding tert-OH is 3. The van der Waals surface area contributed by atoms with E-state index in [4.69, 9.17) is 0 Å². The Balaban J connectivity index is 4.33. The monoisotopic (exact) mass is 831 g/mol. The van der Waals surface area contributed by atoms with Gasteiger partial charge in [-0.25, -0.2) is 0 Å². The predicted molar refractivity (Wildman–Crippen MR) is 263 cm³/mol. The Morgan fingerprint density at radius 1 is 0.305 bits per heavy atom. The summed E-state index contributed by atoms with van der Waals surface area (Å²) in [7, 11) is 2.57. The van der Waals surface area contributed by atoms with Crippen molar-refractivity contribution in [2.45, 2.75) is 289 Å².